The molecule has 0 unspecified atom stereocenters. The van der Waals surface area contributed by atoms with Gasteiger partial charge in [0.05, 0.1) is 21.4 Å². The van der Waals surface area contributed by atoms with Crippen LogP contribution in [-0.2, 0) is 19.9 Å². The molecule has 3 heterocycles. The molecule has 0 spiro atoms. The molecule has 188 valence electrons. The first kappa shape index (κ1) is 24.4. The highest BCUT2D eigenvalue weighted by molar-refractivity contribution is 8.00. The smallest absolute Gasteiger partial charge is 0.222 e. The maximum atomic E-state index is 5.12. The van der Waals surface area contributed by atoms with Crippen molar-refractivity contribution in [2.45, 2.75) is 71.1 Å². The Bertz CT molecular complexity index is 1730. The van der Waals surface area contributed by atoms with Gasteiger partial charge in [-0.3, -0.25) is 4.98 Å². The van der Waals surface area contributed by atoms with Crippen molar-refractivity contribution < 1.29 is 4.57 Å². The number of benzene rings is 3. The Balaban J connectivity index is 1.72. The van der Waals surface area contributed by atoms with Crippen molar-refractivity contribution in [2.24, 2.45) is 17.9 Å². The molecule has 37 heavy (non-hydrogen) atoms. The number of fused-ring (bicyclic) bond motifs is 5. The first-order valence-corrected chi connectivity index (χ1v) is 14.2. The number of aromatic nitrogens is 2. The lowest BCUT2D eigenvalue weighted by molar-refractivity contribution is -0.659. The van der Waals surface area contributed by atoms with Crippen LogP contribution in [0.25, 0.3) is 43.7 Å². The van der Waals surface area contributed by atoms with Gasteiger partial charge in [0.1, 0.15) is 7.05 Å². The van der Waals surface area contributed by atoms with Crippen LogP contribution in [-0.4, -0.2) is 4.98 Å². The predicted octanol–water partition coefficient (Wildman–Crippen LogP) is 8.98. The minimum atomic E-state index is 0.180. The lowest BCUT2D eigenvalue weighted by atomic mass is 9.83. The van der Waals surface area contributed by atoms with E-state index in [0.717, 1.165) is 18.4 Å². The molecule has 1 aliphatic rings. The van der Waals surface area contributed by atoms with E-state index in [1.807, 2.05) is 11.8 Å². The number of hydrogen-bond acceptors (Lipinski definition) is 2. The molecule has 0 aliphatic carbocycles. The van der Waals surface area contributed by atoms with Gasteiger partial charge >= 0.3 is 0 Å². The molecule has 0 fully saturated rings. The minimum Gasteiger partial charge on any atom is -0.255 e. The highest BCUT2D eigenvalue weighted by Crippen LogP contribution is 2.54. The average molecular weight is 506 g/mol. The van der Waals surface area contributed by atoms with E-state index in [1.165, 1.54) is 64.7 Å². The van der Waals surface area contributed by atoms with E-state index in [1.54, 1.807) is 0 Å². The van der Waals surface area contributed by atoms with Crippen molar-refractivity contribution in [1.82, 2.24) is 4.98 Å². The van der Waals surface area contributed by atoms with Crippen LogP contribution in [0.15, 0.2) is 64.6 Å². The van der Waals surface area contributed by atoms with Crippen LogP contribution in [0.3, 0.4) is 0 Å². The summed E-state index contributed by atoms with van der Waals surface area (Å²) in [4.78, 5) is 7.84. The predicted molar refractivity (Wildman–Crippen MR) is 159 cm³/mol. The van der Waals surface area contributed by atoms with Crippen molar-refractivity contribution in [3.05, 3.63) is 71.5 Å². The Morgan fingerprint density at radius 1 is 0.838 bits per heavy atom. The van der Waals surface area contributed by atoms with E-state index in [0.29, 0.717) is 0 Å². The van der Waals surface area contributed by atoms with Gasteiger partial charge in [-0.05, 0) is 75.6 Å². The Kier molecular flexibility index (Phi) is 5.48. The summed E-state index contributed by atoms with van der Waals surface area (Å²) in [5.74, 6) is 0. The molecule has 3 heteroatoms. The zero-order valence-corrected chi connectivity index (χ0v) is 24.2. The van der Waals surface area contributed by atoms with Gasteiger partial charge in [0.15, 0.2) is 6.20 Å². The van der Waals surface area contributed by atoms with E-state index in [4.69, 9.17) is 4.98 Å². The van der Waals surface area contributed by atoms with Gasteiger partial charge in [-0.1, -0.05) is 77.6 Å². The Labute approximate surface area is 225 Å². The fraction of sp³-hybridized carbons (Fsp3) is 0.353. The summed E-state index contributed by atoms with van der Waals surface area (Å²) in [5, 5.41) is 6.64. The first-order chi connectivity index (χ1) is 17.4. The molecule has 5 aromatic rings. The molecular weight excluding hydrogens is 468 g/mol. The van der Waals surface area contributed by atoms with E-state index in [2.05, 4.69) is 115 Å². The van der Waals surface area contributed by atoms with Gasteiger partial charge in [0.2, 0.25) is 5.69 Å². The summed E-state index contributed by atoms with van der Waals surface area (Å²) >= 11 is 1.95. The lowest BCUT2D eigenvalue weighted by Crippen LogP contribution is -2.32. The van der Waals surface area contributed by atoms with Crippen molar-refractivity contribution >= 4 is 44.2 Å². The lowest BCUT2D eigenvalue weighted by Gasteiger charge is -2.28. The molecule has 0 bridgehead atoms. The van der Waals surface area contributed by atoms with Gasteiger partial charge < -0.3 is 0 Å². The molecule has 0 atom stereocenters. The van der Waals surface area contributed by atoms with Crippen LogP contribution in [0.4, 0.5) is 0 Å². The zero-order valence-electron chi connectivity index (χ0n) is 23.4. The second kappa shape index (κ2) is 8.30. The minimum absolute atomic E-state index is 0.180. The van der Waals surface area contributed by atoms with Gasteiger partial charge in [-0.25, -0.2) is 4.57 Å². The van der Waals surface area contributed by atoms with Crippen LogP contribution < -0.4 is 4.57 Å². The third-order valence-electron chi connectivity index (χ3n) is 7.50. The topological polar surface area (TPSA) is 16.8 Å². The highest BCUT2D eigenvalue weighted by atomic mass is 32.2. The van der Waals surface area contributed by atoms with Crippen LogP contribution in [0, 0.1) is 17.8 Å². The Morgan fingerprint density at radius 2 is 1.54 bits per heavy atom. The van der Waals surface area contributed by atoms with Crippen molar-refractivity contribution in [3.8, 4) is 11.3 Å². The monoisotopic (exact) mass is 505 g/mol. The molecule has 2 aromatic heterocycles. The SMILES string of the molecule is Cc1c2c(c(CC(C)(C)C)c3ccccc13)Sc1c3ncc(CC(C)(C)C)cc3cc3cc[n+](C)c-2c13. The molecule has 2 nitrogen and oxygen atoms in total. The second-order valence-electron chi connectivity index (χ2n) is 13.3. The van der Waals surface area contributed by atoms with Crippen LogP contribution in [0.5, 0.6) is 0 Å². The molecule has 0 radical (unpaired) electrons. The first-order valence-electron chi connectivity index (χ1n) is 13.4. The quantitative estimate of drug-likeness (QED) is 0.172. The van der Waals surface area contributed by atoms with E-state index < -0.39 is 0 Å². The van der Waals surface area contributed by atoms with E-state index >= 15 is 0 Å². The third kappa shape index (κ3) is 4.12. The summed E-state index contributed by atoms with van der Waals surface area (Å²) in [5.41, 5.74) is 8.41. The van der Waals surface area contributed by atoms with E-state index in [9.17, 15) is 0 Å². The number of hydrogen-bond donors (Lipinski definition) is 0. The Hall–Kier alpha value is -2.91. The van der Waals surface area contributed by atoms with Crippen molar-refractivity contribution in [1.29, 1.82) is 0 Å². The number of nitrogens with zero attached hydrogens (tertiary/aromatic N) is 2. The van der Waals surface area contributed by atoms with Crippen molar-refractivity contribution in [2.75, 3.05) is 0 Å². The van der Waals surface area contributed by atoms with Crippen molar-refractivity contribution in [3.63, 3.8) is 0 Å². The maximum absolute atomic E-state index is 5.12. The van der Waals surface area contributed by atoms with Gasteiger partial charge in [-0.15, -0.1) is 0 Å². The average Bonchev–Trinajstić information content (AvgIpc) is 2.81. The highest BCUT2D eigenvalue weighted by Gasteiger charge is 2.34. The summed E-state index contributed by atoms with van der Waals surface area (Å²) in [6, 6.07) is 16.0. The standard InChI is InChI=1S/C34H37N2S/c1-20-24-11-9-10-12-25(24)26(18-34(5,6)7)31-27(20)30-28-22(13-14-36(30)8)16-23-15-21(17-33(2,3)4)19-35-29(23)32(28)37-31/h9-16,19H,17-18H2,1-8H3/q+1. The number of aryl methyl sites for hydroxylation is 2. The molecule has 0 amide bonds. The second-order valence-corrected chi connectivity index (χ2v) is 14.3. The van der Waals surface area contributed by atoms with Gasteiger partial charge in [0, 0.05) is 22.5 Å². The third-order valence-corrected chi connectivity index (χ3v) is 8.75. The summed E-state index contributed by atoms with van der Waals surface area (Å²) in [6.45, 7) is 16.2. The largest absolute Gasteiger partial charge is 0.255 e. The summed E-state index contributed by atoms with van der Waals surface area (Å²) in [7, 11) is 2.19. The fourth-order valence-electron chi connectivity index (χ4n) is 6.10. The number of rotatable bonds is 2. The normalized spacial score (nSPS) is 13.5. The van der Waals surface area contributed by atoms with Gasteiger partial charge in [-0.2, -0.15) is 0 Å². The maximum Gasteiger partial charge on any atom is 0.222 e. The molecule has 0 N–H and O–H groups in total. The fourth-order valence-corrected chi connectivity index (χ4v) is 7.55. The van der Waals surface area contributed by atoms with Crippen LogP contribution in [0.2, 0.25) is 0 Å². The zero-order chi connectivity index (χ0) is 26.3. The summed E-state index contributed by atoms with van der Waals surface area (Å²) in [6.07, 6.45) is 6.40. The molecule has 6 rings (SSSR count). The van der Waals surface area contributed by atoms with Gasteiger partial charge in [0.25, 0.3) is 0 Å². The molecule has 0 saturated heterocycles. The molecule has 3 aromatic carbocycles. The summed E-state index contributed by atoms with van der Waals surface area (Å²) < 4.78 is 2.33. The molecule has 0 saturated carbocycles. The molecule has 1 aliphatic heterocycles. The number of pyridine rings is 2. The van der Waals surface area contributed by atoms with Crippen LogP contribution in [0.1, 0.15) is 58.2 Å². The van der Waals surface area contributed by atoms with Crippen LogP contribution >= 0.6 is 11.8 Å². The van der Waals surface area contributed by atoms with E-state index in [-0.39, 0.29) is 10.8 Å². The Morgan fingerprint density at radius 3 is 2.24 bits per heavy atom. The molecular formula is C34H37N2S+.